The molecule has 10 rings (SSSR count). The molecule has 46 heavy (non-hydrogen) atoms. The maximum atomic E-state index is 5.13. The van der Waals surface area contributed by atoms with Gasteiger partial charge >= 0.3 is 0 Å². The Hall–Kier alpha value is -6.40. The van der Waals surface area contributed by atoms with Crippen molar-refractivity contribution < 1.29 is 0 Å². The minimum Gasteiger partial charge on any atom is -0.292 e. The van der Waals surface area contributed by atoms with Gasteiger partial charge in [-0.3, -0.25) is 8.97 Å². The van der Waals surface area contributed by atoms with E-state index in [9.17, 15) is 0 Å². The topological polar surface area (TPSA) is 60.9 Å². The summed E-state index contributed by atoms with van der Waals surface area (Å²) in [5.41, 5.74) is 8.01. The molecule has 214 valence electrons. The molecule has 6 heteroatoms. The molecule has 0 fully saturated rings. The van der Waals surface area contributed by atoms with Crippen LogP contribution in [0.3, 0.4) is 0 Å². The number of hydrogen-bond donors (Lipinski definition) is 0. The maximum absolute atomic E-state index is 5.13. The molecular weight excluding hydrogens is 564 g/mol. The van der Waals surface area contributed by atoms with Crippen LogP contribution in [0.25, 0.3) is 88.9 Å². The van der Waals surface area contributed by atoms with Crippen molar-refractivity contribution in [1.82, 2.24) is 28.9 Å². The summed E-state index contributed by atoms with van der Waals surface area (Å²) in [6.45, 7) is 0. The van der Waals surface area contributed by atoms with E-state index in [-0.39, 0.29) is 0 Å². The van der Waals surface area contributed by atoms with Crippen molar-refractivity contribution in [1.29, 1.82) is 0 Å². The molecule has 0 aliphatic carbocycles. The lowest BCUT2D eigenvalue weighted by atomic mass is 10.0. The first-order chi connectivity index (χ1) is 22.8. The van der Waals surface area contributed by atoms with Crippen molar-refractivity contribution in [3.05, 3.63) is 146 Å². The predicted octanol–water partition coefficient (Wildman–Crippen LogP) is 9.41. The fourth-order valence-corrected chi connectivity index (χ4v) is 6.88. The van der Waals surface area contributed by atoms with E-state index < -0.39 is 0 Å². The minimum absolute atomic E-state index is 0.575. The SMILES string of the molecule is c1ccc(-c2nc(-c3ccccc3)nc(-n3c4ccccc4c4cc5c6ccccc6c6nc7ccccc7n6c5cc43)n2)cc1. The highest BCUT2D eigenvalue weighted by Crippen LogP contribution is 2.39. The second-order valence-electron chi connectivity index (χ2n) is 11.6. The van der Waals surface area contributed by atoms with Crippen LogP contribution in [-0.4, -0.2) is 28.9 Å². The molecule has 0 N–H and O–H groups in total. The smallest absolute Gasteiger partial charge is 0.238 e. The van der Waals surface area contributed by atoms with Crippen molar-refractivity contribution >= 4 is 60.2 Å². The molecule has 4 aromatic heterocycles. The maximum Gasteiger partial charge on any atom is 0.238 e. The summed E-state index contributed by atoms with van der Waals surface area (Å²) in [7, 11) is 0. The van der Waals surface area contributed by atoms with Crippen LogP contribution in [0.2, 0.25) is 0 Å². The Morgan fingerprint density at radius 2 is 0.935 bits per heavy atom. The third kappa shape index (κ3) is 3.58. The molecule has 0 aliphatic heterocycles. The fourth-order valence-electron chi connectivity index (χ4n) is 6.88. The average Bonchev–Trinajstić information content (AvgIpc) is 3.68. The molecule has 0 saturated heterocycles. The highest BCUT2D eigenvalue weighted by molar-refractivity contribution is 6.20. The Morgan fingerprint density at radius 1 is 0.370 bits per heavy atom. The van der Waals surface area contributed by atoms with Crippen LogP contribution in [0.5, 0.6) is 0 Å². The Balaban J connectivity index is 1.38. The van der Waals surface area contributed by atoms with Crippen LogP contribution in [0, 0.1) is 0 Å². The third-order valence-electron chi connectivity index (χ3n) is 8.94. The van der Waals surface area contributed by atoms with Gasteiger partial charge in [0.1, 0.15) is 5.65 Å². The van der Waals surface area contributed by atoms with Crippen molar-refractivity contribution in [2.75, 3.05) is 0 Å². The van der Waals surface area contributed by atoms with Crippen LogP contribution in [-0.2, 0) is 0 Å². The van der Waals surface area contributed by atoms with Crippen LogP contribution >= 0.6 is 0 Å². The molecule has 0 spiro atoms. The number of nitrogens with zero attached hydrogens (tertiary/aromatic N) is 6. The Morgan fingerprint density at radius 3 is 1.65 bits per heavy atom. The van der Waals surface area contributed by atoms with E-state index in [0.29, 0.717) is 17.6 Å². The number of fused-ring (bicyclic) bond motifs is 11. The van der Waals surface area contributed by atoms with E-state index in [4.69, 9.17) is 19.9 Å². The molecule has 0 amide bonds. The number of imidazole rings is 1. The molecular formula is C40H24N6. The van der Waals surface area contributed by atoms with Gasteiger partial charge < -0.3 is 0 Å². The molecule has 6 nitrogen and oxygen atoms in total. The largest absolute Gasteiger partial charge is 0.292 e. The lowest BCUT2D eigenvalue weighted by Crippen LogP contribution is -2.06. The number of pyridine rings is 1. The van der Waals surface area contributed by atoms with Gasteiger partial charge in [0.25, 0.3) is 0 Å². The molecule has 0 atom stereocenters. The number of hydrogen-bond acceptors (Lipinski definition) is 4. The summed E-state index contributed by atoms with van der Waals surface area (Å²) in [4.78, 5) is 20.3. The van der Waals surface area contributed by atoms with Crippen molar-refractivity contribution in [3.8, 4) is 28.7 Å². The second kappa shape index (κ2) is 9.55. The standard InChI is InChI=1S/C40H24N6/c1-3-13-25(14-4-1)37-42-38(26-15-5-2-6-16-26)44-40(43-37)46-33-21-11-9-18-28(33)31-23-30-27-17-7-8-19-29(27)39-41-32-20-10-12-22-34(32)45(39)35(30)24-36(31)46/h1-24H. The normalized spacial score (nSPS) is 11.9. The van der Waals surface area contributed by atoms with Gasteiger partial charge in [0.05, 0.1) is 27.6 Å². The van der Waals surface area contributed by atoms with Crippen LogP contribution < -0.4 is 0 Å². The van der Waals surface area contributed by atoms with Crippen molar-refractivity contribution in [3.63, 3.8) is 0 Å². The number of para-hydroxylation sites is 3. The first-order valence-electron chi connectivity index (χ1n) is 15.3. The van der Waals surface area contributed by atoms with Gasteiger partial charge in [-0.1, -0.05) is 115 Å². The van der Waals surface area contributed by atoms with E-state index >= 15 is 0 Å². The van der Waals surface area contributed by atoms with Gasteiger partial charge in [0, 0.05) is 32.7 Å². The molecule has 4 heterocycles. The highest BCUT2D eigenvalue weighted by Gasteiger charge is 2.21. The predicted molar refractivity (Wildman–Crippen MR) is 186 cm³/mol. The number of benzene rings is 6. The van der Waals surface area contributed by atoms with Gasteiger partial charge in [-0.2, -0.15) is 9.97 Å². The number of rotatable bonds is 3. The first kappa shape index (κ1) is 25.0. The summed E-state index contributed by atoms with van der Waals surface area (Å²) in [6.07, 6.45) is 0. The monoisotopic (exact) mass is 588 g/mol. The van der Waals surface area contributed by atoms with Gasteiger partial charge in [0.15, 0.2) is 11.6 Å². The van der Waals surface area contributed by atoms with E-state index in [2.05, 4.69) is 87.8 Å². The van der Waals surface area contributed by atoms with Gasteiger partial charge in [-0.25, -0.2) is 9.97 Å². The summed E-state index contributed by atoms with van der Waals surface area (Å²) < 4.78 is 4.48. The Kier molecular flexibility index (Phi) is 5.19. The lowest BCUT2D eigenvalue weighted by molar-refractivity contribution is 0.953. The fraction of sp³-hybridized carbons (Fsp3) is 0. The Bertz CT molecular complexity index is 2740. The van der Waals surface area contributed by atoms with Crippen molar-refractivity contribution in [2.24, 2.45) is 0 Å². The van der Waals surface area contributed by atoms with Crippen LogP contribution in [0.1, 0.15) is 0 Å². The second-order valence-corrected chi connectivity index (χ2v) is 11.6. The summed E-state index contributed by atoms with van der Waals surface area (Å²) in [5, 5.41) is 5.76. The first-order valence-corrected chi connectivity index (χ1v) is 15.3. The highest BCUT2D eigenvalue weighted by atomic mass is 15.2. The number of aromatic nitrogens is 6. The molecule has 0 saturated carbocycles. The molecule has 0 radical (unpaired) electrons. The summed E-state index contributed by atoms with van der Waals surface area (Å²) in [6, 6.07) is 50.3. The van der Waals surface area contributed by atoms with Gasteiger partial charge in [-0.05, 0) is 35.7 Å². The van der Waals surface area contributed by atoms with E-state index in [0.717, 1.165) is 60.5 Å². The lowest BCUT2D eigenvalue weighted by Gasteiger charge is -2.12. The third-order valence-corrected chi connectivity index (χ3v) is 8.94. The molecule has 6 aromatic carbocycles. The quantitative estimate of drug-likeness (QED) is 0.193. The molecule has 0 bridgehead atoms. The molecule has 0 unspecified atom stereocenters. The zero-order chi connectivity index (χ0) is 30.2. The summed E-state index contributed by atoms with van der Waals surface area (Å²) in [5.74, 6) is 1.83. The molecule has 10 aromatic rings. The minimum atomic E-state index is 0.575. The summed E-state index contributed by atoms with van der Waals surface area (Å²) >= 11 is 0. The zero-order valence-electron chi connectivity index (χ0n) is 24.5. The van der Waals surface area contributed by atoms with Gasteiger partial charge in [-0.15, -0.1) is 0 Å². The average molecular weight is 589 g/mol. The van der Waals surface area contributed by atoms with Crippen molar-refractivity contribution in [2.45, 2.75) is 0 Å². The Labute approximate surface area is 262 Å². The van der Waals surface area contributed by atoms with Crippen LogP contribution in [0.15, 0.2) is 146 Å². The van der Waals surface area contributed by atoms with E-state index in [1.165, 1.54) is 10.8 Å². The van der Waals surface area contributed by atoms with E-state index in [1.54, 1.807) is 0 Å². The van der Waals surface area contributed by atoms with Crippen LogP contribution in [0.4, 0.5) is 0 Å². The molecule has 0 aliphatic rings. The zero-order valence-corrected chi connectivity index (χ0v) is 24.5. The van der Waals surface area contributed by atoms with Gasteiger partial charge in [0.2, 0.25) is 5.95 Å². The van der Waals surface area contributed by atoms with E-state index in [1.807, 2.05) is 66.7 Å².